The van der Waals surface area contributed by atoms with Gasteiger partial charge in [0.2, 0.25) is 0 Å². The summed E-state index contributed by atoms with van der Waals surface area (Å²) in [5, 5.41) is 0. The zero-order chi connectivity index (χ0) is 13.6. The van der Waals surface area contributed by atoms with Crippen LogP contribution >= 0.6 is 0 Å². The summed E-state index contributed by atoms with van der Waals surface area (Å²) < 4.78 is 5.57. The lowest BCUT2D eigenvalue weighted by atomic mass is 10.3. The highest BCUT2D eigenvalue weighted by molar-refractivity contribution is 4.70. The molecule has 0 atom stereocenters. The Bertz CT molecular complexity index is 157. The molecule has 0 bridgehead atoms. The van der Waals surface area contributed by atoms with Crippen LogP contribution in [0.1, 0.15) is 47.0 Å². The van der Waals surface area contributed by atoms with Crippen LogP contribution in [0.2, 0.25) is 0 Å². The minimum absolute atomic E-state index is 0.909. The van der Waals surface area contributed by atoms with Gasteiger partial charge < -0.3 is 9.64 Å². The Morgan fingerprint density at radius 2 is 1.39 bits per heavy atom. The van der Waals surface area contributed by atoms with Gasteiger partial charge in [0.1, 0.15) is 0 Å². The van der Waals surface area contributed by atoms with Gasteiger partial charge in [-0.3, -0.25) is 4.90 Å². The molecule has 1 heterocycles. The molecule has 1 fully saturated rings. The van der Waals surface area contributed by atoms with Crippen molar-refractivity contribution in [1.82, 2.24) is 9.80 Å². The van der Waals surface area contributed by atoms with Crippen molar-refractivity contribution in [3.63, 3.8) is 0 Å². The van der Waals surface area contributed by atoms with E-state index < -0.39 is 0 Å². The van der Waals surface area contributed by atoms with Crippen LogP contribution in [0.4, 0.5) is 0 Å². The summed E-state index contributed by atoms with van der Waals surface area (Å²) in [5.41, 5.74) is 0. The maximum absolute atomic E-state index is 5.57. The molecule has 0 aromatic carbocycles. The normalized spacial score (nSPS) is 17.3. The standard InChI is InChI=1S/C12H26N2O.C3H8/c1-3-5-11-15-12-10-14-8-6-13(4-2)7-9-14;1-3-2/h3-12H2,1-2H3;3H2,1-2H3. The van der Waals surface area contributed by atoms with Crippen molar-refractivity contribution < 1.29 is 4.74 Å². The van der Waals surface area contributed by atoms with Crippen LogP contribution < -0.4 is 0 Å². The largest absolute Gasteiger partial charge is 0.380 e. The molecule has 0 saturated carbocycles. The zero-order valence-corrected chi connectivity index (χ0v) is 13.1. The number of piperazine rings is 1. The first-order valence-electron chi connectivity index (χ1n) is 7.80. The smallest absolute Gasteiger partial charge is 0.0593 e. The Kier molecular flexibility index (Phi) is 13.2. The highest BCUT2D eigenvalue weighted by Crippen LogP contribution is 2.00. The van der Waals surface area contributed by atoms with E-state index >= 15 is 0 Å². The van der Waals surface area contributed by atoms with Crippen LogP contribution in [0.5, 0.6) is 0 Å². The van der Waals surface area contributed by atoms with E-state index in [1.54, 1.807) is 0 Å². The summed E-state index contributed by atoms with van der Waals surface area (Å²) >= 11 is 0. The van der Waals surface area contributed by atoms with Gasteiger partial charge in [-0.25, -0.2) is 0 Å². The third-order valence-electron chi connectivity index (χ3n) is 3.11. The molecule has 0 aliphatic carbocycles. The molecule has 1 aliphatic rings. The molecule has 18 heavy (non-hydrogen) atoms. The van der Waals surface area contributed by atoms with Crippen LogP contribution in [0, 0.1) is 0 Å². The minimum Gasteiger partial charge on any atom is -0.380 e. The molecule has 0 radical (unpaired) electrons. The number of nitrogens with zero attached hydrogens (tertiary/aromatic N) is 2. The van der Waals surface area contributed by atoms with E-state index in [0.29, 0.717) is 0 Å². The summed E-state index contributed by atoms with van der Waals surface area (Å²) in [6, 6.07) is 0. The lowest BCUT2D eigenvalue weighted by Gasteiger charge is -2.33. The van der Waals surface area contributed by atoms with E-state index in [0.717, 1.165) is 19.8 Å². The van der Waals surface area contributed by atoms with E-state index in [1.807, 2.05) is 0 Å². The van der Waals surface area contributed by atoms with E-state index in [1.165, 1.54) is 52.0 Å². The van der Waals surface area contributed by atoms with Gasteiger partial charge in [-0.1, -0.05) is 40.5 Å². The number of likely N-dealkylation sites (N-methyl/N-ethyl adjacent to an activating group) is 1. The molecule has 3 nitrogen and oxygen atoms in total. The molecular formula is C15H34N2O. The minimum atomic E-state index is 0.909. The summed E-state index contributed by atoms with van der Waals surface area (Å²) in [4.78, 5) is 5.02. The quantitative estimate of drug-likeness (QED) is 0.653. The molecule has 1 rings (SSSR count). The molecule has 0 spiro atoms. The van der Waals surface area contributed by atoms with Crippen molar-refractivity contribution in [3.8, 4) is 0 Å². The first-order chi connectivity index (χ1) is 8.78. The highest BCUT2D eigenvalue weighted by atomic mass is 16.5. The van der Waals surface area contributed by atoms with Crippen molar-refractivity contribution in [3.05, 3.63) is 0 Å². The Labute approximate surface area is 114 Å². The van der Waals surface area contributed by atoms with Gasteiger partial charge in [-0.05, 0) is 13.0 Å². The van der Waals surface area contributed by atoms with E-state index in [4.69, 9.17) is 4.74 Å². The summed E-state index contributed by atoms with van der Waals surface area (Å²) in [6.45, 7) is 17.7. The van der Waals surface area contributed by atoms with Crippen molar-refractivity contribution in [2.45, 2.75) is 47.0 Å². The molecule has 3 heteroatoms. The van der Waals surface area contributed by atoms with Crippen molar-refractivity contribution in [2.24, 2.45) is 0 Å². The molecule has 0 amide bonds. The Hall–Kier alpha value is -0.120. The van der Waals surface area contributed by atoms with Gasteiger partial charge in [0.05, 0.1) is 6.61 Å². The molecule has 0 N–H and O–H groups in total. The second-order valence-corrected chi connectivity index (χ2v) is 4.95. The van der Waals surface area contributed by atoms with Crippen LogP contribution in [-0.4, -0.2) is 62.3 Å². The Balaban J connectivity index is 0.000000873. The van der Waals surface area contributed by atoms with E-state index in [9.17, 15) is 0 Å². The summed E-state index contributed by atoms with van der Waals surface area (Å²) in [7, 11) is 0. The van der Waals surface area contributed by atoms with Gasteiger partial charge in [-0.2, -0.15) is 0 Å². The van der Waals surface area contributed by atoms with Gasteiger partial charge in [0.25, 0.3) is 0 Å². The van der Waals surface area contributed by atoms with Crippen molar-refractivity contribution >= 4 is 0 Å². The fourth-order valence-corrected chi connectivity index (χ4v) is 1.87. The average Bonchev–Trinajstić information content (AvgIpc) is 2.40. The van der Waals surface area contributed by atoms with Gasteiger partial charge in [0.15, 0.2) is 0 Å². The molecule has 110 valence electrons. The monoisotopic (exact) mass is 258 g/mol. The van der Waals surface area contributed by atoms with Crippen LogP contribution in [0.25, 0.3) is 0 Å². The number of hydrogen-bond donors (Lipinski definition) is 0. The molecule has 1 saturated heterocycles. The lowest BCUT2D eigenvalue weighted by Crippen LogP contribution is -2.47. The first-order valence-corrected chi connectivity index (χ1v) is 7.80. The highest BCUT2D eigenvalue weighted by Gasteiger charge is 2.14. The number of ether oxygens (including phenoxy) is 1. The van der Waals surface area contributed by atoms with Crippen molar-refractivity contribution in [2.75, 3.05) is 52.5 Å². The number of rotatable bonds is 7. The maximum atomic E-state index is 5.57. The summed E-state index contributed by atoms with van der Waals surface area (Å²) in [5.74, 6) is 0. The topological polar surface area (TPSA) is 15.7 Å². The number of hydrogen-bond acceptors (Lipinski definition) is 3. The van der Waals surface area contributed by atoms with Crippen LogP contribution in [0.15, 0.2) is 0 Å². The average molecular weight is 258 g/mol. The Morgan fingerprint density at radius 3 is 1.89 bits per heavy atom. The molecule has 0 aromatic rings. The molecular weight excluding hydrogens is 224 g/mol. The third kappa shape index (κ3) is 9.86. The van der Waals surface area contributed by atoms with E-state index in [-0.39, 0.29) is 0 Å². The van der Waals surface area contributed by atoms with Gasteiger partial charge in [-0.15, -0.1) is 0 Å². The fourth-order valence-electron chi connectivity index (χ4n) is 1.87. The third-order valence-corrected chi connectivity index (χ3v) is 3.11. The predicted octanol–water partition coefficient (Wildman–Crippen LogP) is 2.86. The second-order valence-electron chi connectivity index (χ2n) is 4.95. The summed E-state index contributed by atoms with van der Waals surface area (Å²) in [6.07, 6.45) is 3.68. The van der Waals surface area contributed by atoms with Gasteiger partial charge >= 0.3 is 0 Å². The second kappa shape index (κ2) is 13.3. The SMILES string of the molecule is CCC.CCCCOCCN1CCN(CC)CC1. The maximum Gasteiger partial charge on any atom is 0.0593 e. The molecule has 0 unspecified atom stereocenters. The molecule has 1 aliphatic heterocycles. The predicted molar refractivity (Wildman–Crippen MR) is 80.2 cm³/mol. The van der Waals surface area contributed by atoms with Crippen LogP contribution in [-0.2, 0) is 4.74 Å². The van der Waals surface area contributed by atoms with Crippen LogP contribution in [0.3, 0.4) is 0 Å². The molecule has 0 aromatic heterocycles. The first kappa shape index (κ1) is 17.9. The Morgan fingerprint density at radius 1 is 0.833 bits per heavy atom. The van der Waals surface area contributed by atoms with E-state index in [2.05, 4.69) is 37.5 Å². The lowest BCUT2D eigenvalue weighted by molar-refractivity contribution is 0.0759. The van der Waals surface area contributed by atoms with Gasteiger partial charge in [0, 0.05) is 39.3 Å². The van der Waals surface area contributed by atoms with Crippen molar-refractivity contribution in [1.29, 1.82) is 0 Å². The zero-order valence-electron chi connectivity index (χ0n) is 13.1. The number of unbranched alkanes of at least 4 members (excludes halogenated alkanes) is 1. The fraction of sp³-hybridized carbons (Fsp3) is 1.00.